The monoisotopic (exact) mass is 304 g/mol. The normalized spacial score (nSPS) is 24.4. The van der Waals surface area contributed by atoms with Crippen LogP contribution in [0.25, 0.3) is 0 Å². The Kier molecular flexibility index (Phi) is 3.76. The van der Waals surface area contributed by atoms with Gasteiger partial charge in [0.05, 0.1) is 13.0 Å². The van der Waals surface area contributed by atoms with Gasteiger partial charge in [0, 0.05) is 18.8 Å². The summed E-state index contributed by atoms with van der Waals surface area (Å²) in [6.07, 6.45) is 2.15. The molecule has 2 atom stereocenters. The molecule has 0 radical (unpaired) electrons. The van der Waals surface area contributed by atoms with E-state index in [1.54, 1.807) is 17.0 Å². The number of aromatic nitrogens is 1. The van der Waals surface area contributed by atoms with E-state index in [0.29, 0.717) is 23.9 Å². The quantitative estimate of drug-likeness (QED) is 0.913. The Morgan fingerprint density at radius 2 is 2.05 bits per heavy atom. The van der Waals surface area contributed by atoms with Crippen molar-refractivity contribution in [1.29, 1.82) is 0 Å². The van der Waals surface area contributed by atoms with Gasteiger partial charge in [-0.2, -0.15) is 0 Å². The van der Waals surface area contributed by atoms with Crippen LogP contribution in [0.2, 0.25) is 0 Å². The number of rotatable bonds is 4. The Balaban J connectivity index is 1.82. The molecule has 2 fully saturated rings. The topological polar surface area (TPSA) is 79.7 Å². The lowest BCUT2D eigenvalue weighted by atomic mass is 9.92. The van der Waals surface area contributed by atoms with Crippen molar-refractivity contribution in [3.8, 4) is 5.88 Å². The number of aliphatic carboxylic acids is 1. The number of nitrogens with zero attached hydrogens (tertiary/aromatic N) is 2. The van der Waals surface area contributed by atoms with Crippen LogP contribution in [0.3, 0.4) is 0 Å². The van der Waals surface area contributed by atoms with E-state index in [1.807, 2.05) is 6.92 Å². The number of likely N-dealkylation sites (tertiary alicyclic amines) is 1. The van der Waals surface area contributed by atoms with E-state index in [1.165, 1.54) is 7.11 Å². The number of hydrogen-bond acceptors (Lipinski definition) is 4. The maximum Gasteiger partial charge on any atom is 0.308 e. The lowest BCUT2D eigenvalue weighted by molar-refractivity contribution is -0.142. The lowest BCUT2D eigenvalue weighted by Gasteiger charge is -2.17. The SMILES string of the molecule is COc1nc(C)ccc1C(=O)N1C[C@H](C(=O)O)[C@@H](C2CC2)C1. The van der Waals surface area contributed by atoms with E-state index < -0.39 is 11.9 Å². The molecule has 2 aliphatic rings. The van der Waals surface area contributed by atoms with Crippen molar-refractivity contribution >= 4 is 11.9 Å². The summed E-state index contributed by atoms with van der Waals surface area (Å²) < 4.78 is 5.19. The first-order valence-corrected chi connectivity index (χ1v) is 7.55. The highest BCUT2D eigenvalue weighted by Gasteiger charge is 2.47. The van der Waals surface area contributed by atoms with Crippen molar-refractivity contribution < 1.29 is 19.4 Å². The maximum atomic E-state index is 12.7. The molecule has 1 amide bonds. The Bertz CT molecular complexity index is 612. The van der Waals surface area contributed by atoms with Crippen molar-refractivity contribution in [2.75, 3.05) is 20.2 Å². The standard InChI is InChI=1S/C16H20N2O4/c1-9-3-6-11(14(17-9)22-2)15(19)18-7-12(10-4-5-10)13(8-18)16(20)21/h3,6,10,12-13H,4-5,7-8H2,1-2H3,(H,20,21)/t12-,13+/m1/s1. The number of methoxy groups -OCH3 is 1. The summed E-state index contributed by atoms with van der Waals surface area (Å²) in [5, 5.41) is 9.39. The lowest BCUT2D eigenvalue weighted by Crippen LogP contribution is -2.30. The second kappa shape index (κ2) is 5.59. The van der Waals surface area contributed by atoms with Crippen molar-refractivity contribution in [3.05, 3.63) is 23.4 Å². The average molecular weight is 304 g/mol. The van der Waals surface area contributed by atoms with E-state index in [9.17, 15) is 14.7 Å². The van der Waals surface area contributed by atoms with E-state index in [2.05, 4.69) is 4.98 Å². The van der Waals surface area contributed by atoms with Gasteiger partial charge in [0.1, 0.15) is 5.56 Å². The highest BCUT2D eigenvalue weighted by atomic mass is 16.5. The number of pyridine rings is 1. The molecule has 2 heterocycles. The van der Waals surface area contributed by atoms with Crippen molar-refractivity contribution in [3.63, 3.8) is 0 Å². The largest absolute Gasteiger partial charge is 0.481 e. The Morgan fingerprint density at radius 3 is 2.64 bits per heavy atom. The molecule has 6 nitrogen and oxygen atoms in total. The van der Waals surface area contributed by atoms with Crippen LogP contribution in [-0.4, -0.2) is 47.1 Å². The third-order valence-electron chi connectivity index (χ3n) is 4.62. The number of amides is 1. The van der Waals surface area contributed by atoms with Crippen molar-refractivity contribution in [1.82, 2.24) is 9.88 Å². The Hall–Kier alpha value is -2.11. The fourth-order valence-corrected chi connectivity index (χ4v) is 3.28. The number of aryl methyl sites for hydroxylation is 1. The van der Waals surface area contributed by atoms with Gasteiger partial charge in [-0.3, -0.25) is 9.59 Å². The fraction of sp³-hybridized carbons (Fsp3) is 0.562. The number of carboxylic acids is 1. The highest BCUT2D eigenvalue weighted by molar-refractivity contribution is 5.97. The van der Waals surface area contributed by atoms with Crippen LogP contribution < -0.4 is 4.74 Å². The molecule has 1 saturated heterocycles. The van der Waals surface area contributed by atoms with Gasteiger partial charge >= 0.3 is 5.97 Å². The first kappa shape index (κ1) is 14.8. The van der Waals surface area contributed by atoms with Gasteiger partial charge in [-0.25, -0.2) is 4.98 Å². The second-order valence-electron chi connectivity index (χ2n) is 6.17. The van der Waals surface area contributed by atoms with Gasteiger partial charge in [-0.1, -0.05) is 0 Å². The second-order valence-corrected chi connectivity index (χ2v) is 6.17. The molecule has 3 rings (SSSR count). The maximum absolute atomic E-state index is 12.7. The number of ether oxygens (including phenoxy) is 1. The molecule has 0 aromatic carbocycles. The van der Waals surface area contributed by atoms with Crippen LogP contribution in [0, 0.1) is 24.7 Å². The zero-order chi connectivity index (χ0) is 15.9. The minimum Gasteiger partial charge on any atom is -0.481 e. The number of carboxylic acid groups (broad SMARTS) is 1. The van der Waals surface area contributed by atoms with E-state index in [0.717, 1.165) is 18.5 Å². The van der Waals surface area contributed by atoms with Gasteiger partial charge in [-0.05, 0) is 43.7 Å². The predicted molar refractivity (Wildman–Crippen MR) is 78.8 cm³/mol. The van der Waals surface area contributed by atoms with Crippen LogP contribution in [0.5, 0.6) is 5.88 Å². The number of carbonyl (C=O) groups excluding carboxylic acids is 1. The van der Waals surface area contributed by atoms with Crippen molar-refractivity contribution in [2.45, 2.75) is 19.8 Å². The Labute approximate surface area is 129 Å². The summed E-state index contributed by atoms with van der Waals surface area (Å²) >= 11 is 0. The van der Waals surface area contributed by atoms with Gasteiger partial charge in [0.15, 0.2) is 0 Å². The number of hydrogen-bond donors (Lipinski definition) is 1. The summed E-state index contributed by atoms with van der Waals surface area (Å²) in [6.45, 7) is 2.61. The summed E-state index contributed by atoms with van der Waals surface area (Å²) in [5.74, 6) is -0.629. The van der Waals surface area contributed by atoms with Crippen molar-refractivity contribution in [2.24, 2.45) is 17.8 Å². The van der Waals surface area contributed by atoms with E-state index >= 15 is 0 Å². The predicted octanol–water partition coefficient (Wildman–Crippen LogP) is 1.58. The molecular formula is C16H20N2O4. The highest BCUT2D eigenvalue weighted by Crippen LogP contribution is 2.44. The zero-order valence-electron chi connectivity index (χ0n) is 12.8. The molecular weight excluding hydrogens is 284 g/mol. The van der Waals surface area contributed by atoms with Gasteiger partial charge in [0.25, 0.3) is 5.91 Å². The van der Waals surface area contributed by atoms with Crippen LogP contribution in [0.4, 0.5) is 0 Å². The molecule has 118 valence electrons. The molecule has 0 spiro atoms. The first-order chi connectivity index (χ1) is 10.5. The molecule has 0 bridgehead atoms. The first-order valence-electron chi connectivity index (χ1n) is 7.55. The van der Waals surface area contributed by atoms with Crippen LogP contribution in [0.1, 0.15) is 28.9 Å². The summed E-state index contributed by atoms with van der Waals surface area (Å²) in [4.78, 5) is 30.0. The molecule has 1 aliphatic heterocycles. The van der Waals surface area contributed by atoms with E-state index in [-0.39, 0.29) is 18.4 Å². The van der Waals surface area contributed by atoms with E-state index in [4.69, 9.17) is 4.74 Å². The molecule has 1 aliphatic carbocycles. The van der Waals surface area contributed by atoms with Crippen LogP contribution >= 0.6 is 0 Å². The van der Waals surface area contributed by atoms with Gasteiger partial charge in [0.2, 0.25) is 5.88 Å². The summed E-state index contributed by atoms with van der Waals surface area (Å²) in [6, 6.07) is 3.46. The van der Waals surface area contributed by atoms with Crippen LogP contribution in [0.15, 0.2) is 12.1 Å². The van der Waals surface area contributed by atoms with Gasteiger partial charge in [-0.15, -0.1) is 0 Å². The summed E-state index contributed by atoms with van der Waals surface area (Å²) in [7, 11) is 1.48. The van der Waals surface area contributed by atoms with Crippen LogP contribution in [-0.2, 0) is 4.79 Å². The third-order valence-corrected chi connectivity index (χ3v) is 4.62. The molecule has 6 heteroatoms. The molecule has 1 aromatic heterocycles. The van der Waals surface area contributed by atoms with Gasteiger partial charge < -0.3 is 14.7 Å². The smallest absolute Gasteiger partial charge is 0.308 e. The summed E-state index contributed by atoms with van der Waals surface area (Å²) in [5.41, 5.74) is 1.17. The Morgan fingerprint density at radius 1 is 1.32 bits per heavy atom. The fourth-order valence-electron chi connectivity index (χ4n) is 3.28. The zero-order valence-corrected chi connectivity index (χ0v) is 12.8. The molecule has 22 heavy (non-hydrogen) atoms. The molecule has 0 unspecified atom stereocenters. The number of carbonyl (C=O) groups is 2. The third kappa shape index (κ3) is 2.65. The molecule has 1 N–H and O–H groups in total. The minimum atomic E-state index is -0.804. The minimum absolute atomic E-state index is 0.0749. The average Bonchev–Trinajstić information content (AvgIpc) is 3.24. The molecule has 1 aromatic rings. The molecule has 1 saturated carbocycles.